The van der Waals surface area contributed by atoms with Crippen molar-refractivity contribution in [3.8, 4) is 0 Å². The van der Waals surface area contributed by atoms with Crippen LogP contribution in [0.1, 0.15) is 26.2 Å². The van der Waals surface area contributed by atoms with Gasteiger partial charge in [0.25, 0.3) is 0 Å². The van der Waals surface area contributed by atoms with Crippen LogP contribution in [0, 0.1) is 5.92 Å². The number of carbonyl (C=O) groups excluding carboxylic acids is 1. The second kappa shape index (κ2) is 5.15. The van der Waals surface area contributed by atoms with E-state index in [0.717, 1.165) is 38.6 Å². The van der Waals surface area contributed by atoms with Crippen molar-refractivity contribution in [2.45, 2.75) is 32.2 Å². The highest BCUT2D eigenvalue weighted by Crippen LogP contribution is 2.27. The molecule has 4 heteroatoms. The third-order valence-electron chi connectivity index (χ3n) is 3.71. The molecule has 92 valence electrons. The molecule has 1 aliphatic carbocycles. The molecule has 0 aromatic rings. The van der Waals surface area contributed by atoms with Crippen LogP contribution in [0.15, 0.2) is 0 Å². The van der Waals surface area contributed by atoms with Crippen molar-refractivity contribution in [1.82, 2.24) is 9.80 Å². The van der Waals surface area contributed by atoms with Crippen LogP contribution in [0.2, 0.25) is 0 Å². The number of piperazine rings is 1. The molecule has 2 N–H and O–H groups in total. The van der Waals surface area contributed by atoms with E-state index in [2.05, 4.69) is 4.90 Å². The molecule has 1 amide bonds. The molecule has 1 saturated carbocycles. The molecular weight excluding hydrogens is 202 g/mol. The van der Waals surface area contributed by atoms with Crippen LogP contribution >= 0.6 is 0 Å². The van der Waals surface area contributed by atoms with E-state index < -0.39 is 0 Å². The highest BCUT2D eigenvalue weighted by Gasteiger charge is 2.32. The van der Waals surface area contributed by atoms with E-state index in [0.29, 0.717) is 12.5 Å². The zero-order valence-electron chi connectivity index (χ0n) is 10.2. The number of nitrogens with two attached hydrogens (primary N) is 1. The second-order valence-corrected chi connectivity index (χ2v) is 5.07. The fraction of sp³-hybridized carbons (Fsp3) is 0.917. The maximum Gasteiger partial charge on any atom is 0.225 e. The molecule has 1 saturated heterocycles. The molecular formula is C12H23N3O. The Morgan fingerprint density at radius 2 is 1.94 bits per heavy atom. The maximum absolute atomic E-state index is 12.0. The first-order valence-corrected chi connectivity index (χ1v) is 6.45. The number of hydrogen-bond donors (Lipinski definition) is 1. The Bertz CT molecular complexity index is 245. The Morgan fingerprint density at radius 3 is 2.44 bits per heavy atom. The molecule has 0 aromatic carbocycles. The monoisotopic (exact) mass is 225 g/mol. The van der Waals surface area contributed by atoms with Crippen molar-refractivity contribution in [2.75, 3.05) is 32.7 Å². The Morgan fingerprint density at radius 1 is 1.31 bits per heavy atom. The Kier molecular flexibility index (Phi) is 3.82. The van der Waals surface area contributed by atoms with Crippen LogP contribution in [0.4, 0.5) is 0 Å². The van der Waals surface area contributed by atoms with Gasteiger partial charge in [-0.25, -0.2) is 0 Å². The average Bonchev–Trinajstić information content (AvgIpc) is 3.12. The molecule has 1 aliphatic heterocycles. The lowest BCUT2D eigenvalue weighted by Crippen LogP contribution is -2.50. The zero-order valence-corrected chi connectivity index (χ0v) is 10.2. The van der Waals surface area contributed by atoms with Gasteiger partial charge >= 0.3 is 0 Å². The van der Waals surface area contributed by atoms with E-state index in [9.17, 15) is 4.79 Å². The van der Waals surface area contributed by atoms with Gasteiger partial charge in [0, 0.05) is 38.1 Å². The van der Waals surface area contributed by atoms with Gasteiger partial charge in [-0.15, -0.1) is 0 Å². The molecule has 0 aromatic heterocycles. The second-order valence-electron chi connectivity index (χ2n) is 5.07. The summed E-state index contributed by atoms with van der Waals surface area (Å²) in [6, 6.07) is 0.832. The molecule has 2 rings (SSSR count). The number of nitrogens with zero attached hydrogens (tertiary/aromatic N) is 2. The third kappa shape index (κ3) is 2.74. The predicted molar refractivity (Wildman–Crippen MR) is 64.0 cm³/mol. The minimum absolute atomic E-state index is 0.0949. The Balaban J connectivity index is 1.76. The van der Waals surface area contributed by atoms with Gasteiger partial charge in [0.2, 0.25) is 5.91 Å². The molecule has 1 atom stereocenters. The van der Waals surface area contributed by atoms with E-state index in [1.165, 1.54) is 12.8 Å². The van der Waals surface area contributed by atoms with Gasteiger partial charge in [-0.05, 0) is 25.8 Å². The predicted octanol–water partition coefficient (Wildman–Crippen LogP) is 0.278. The topological polar surface area (TPSA) is 49.6 Å². The van der Waals surface area contributed by atoms with Crippen molar-refractivity contribution >= 4 is 5.91 Å². The quantitative estimate of drug-likeness (QED) is 0.747. The summed E-state index contributed by atoms with van der Waals surface area (Å²) in [6.07, 6.45) is 3.52. The van der Waals surface area contributed by atoms with Crippen molar-refractivity contribution < 1.29 is 4.79 Å². The fourth-order valence-electron chi connectivity index (χ4n) is 2.43. The summed E-state index contributed by atoms with van der Waals surface area (Å²) in [6.45, 7) is 6.53. The Hall–Kier alpha value is -0.610. The van der Waals surface area contributed by atoms with E-state index in [1.807, 2.05) is 11.8 Å². The van der Waals surface area contributed by atoms with Crippen LogP contribution in [-0.2, 0) is 4.79 Å². The normalized spacial score (nSPS) is 24.5. The summed E-state index contributed by atoms with van der Waals surface area (Å²) in [4.78, 5) is 16.6. The van der Waals surface area contributed by atoms with E-state index in [4.69, 9.17) is 5.73 Å². The van der Waals surface area contributed by atoms with E-state index in [1.54, 1.807) is 0 Å². The van der Waals surface area contributed by atoms with Crippen LogP contribution in [0.5, 0.6) is 0 Å². The van der Waals surface area contributed by atoms with Gasteiger partial charge in [-0.2, -0.15) is 0 Å². The highest BCUT2D eigenvalue weighted by atomic mass is 16.2. The lowest BCUT2D eigenvalue weighted by Gasteiger charge is -2.36. The van der Waals surface area contributed by atoms with Crippen LogP contribution < -0.4 is 5.73 Å². The van der Waals surface area contributed by atoms with Crippen LogP contribution in [0.25, 0.3) is 0 Å². The standard InChI is InChI=1S/C12H23N3O/c1-10(4-5-13)12(16)15-8-6-14(7-9-15)11-2-3-11/h10-11H,2-9,13H2,1H3. The number of carbonyl (C=O) groups is 1. The van der Waals surface area contributed by atoms with E-state index in [-0.39, 0.29) is 5.92 Å². The molecule has 2 fully saturated rings. The number of rotatable bonds is 4. The van der Waals surface area contributed by atoms with Crippen molar-refractivity contribution in [1.29, 1.82) is 0 Å². The smallest absolute Gasteiger partial charge is 0.225 e. The summed E-state index contributed by atoms with van der Waals surface area (Å²) >= 11 is 0. The van der Waals surface area contributed by atoms with Gasteiger partial charge < -0.3 is 10.6 Å². The Labute approximate surface area is 97.8 Å². The van der Waals surface area contributed by atoms with Gasteiger partial charge in [0.1, 0.15) is 0 Å². The van der Waals surface area contributed by atoms with Gasteiger partial charge in [0.05, 0.1) is 0 Å². The molecule has 1 heterocycles. The van der Waals surface area contributed by atoms with Crippen LogP contribution in [0.3, 0.4) is 0 Å². The molecule has 0 bridgehead atoms. The zero-order chi connectivity index (χ0) is 11.5. The van der Waals surface area contributed by atoms with Gasteiger partial charge in [0.15, 0.2) is 0 Å². The average molecular weight is 225 g/mol. The molecule has 16 heavy (non-hydrogen) atoms. The molecule has 0 radical (unpaired) electrons. The largest absolute Gasteiger partial charge is 0.340 e. The summed E-state index contributed by atoms with van der Waals surface area (Å²) in [7, 11) is 0. The minimum Gasteiger partial charge on any atom is -0.340 e. The van der Waals surface area contributed by atoms with E-state index >= 15 is 0 Å². The van der Waals surface area contributed by atoms with Crippen molar-refractivity contribution in [3.63, 3.8) is 0 Å². The number of hydrogen-bond acceptors (Lipinski definition) is 3. The highest BCUT2D eigenvalue weighted by molar-refractivity contribution is 5.78. The molecule has 0 spiro atoms. The van der Waals surface area contributed by atoms with Crippen LogP contribution in [-0.4, -0.2) is 54.5 Å². The summed E-state index contributed by atoms with van der Waals surface area (Å²) < 4.78 is 0. The molecule has 2 aliphatic rings. The lowest BCUT2D eigenvalue weighted by atomic mass is 10.1. The number of amides is 1. The fourth-order valence-corrected chi connectivity index (χ4v) is 2.43. The molecule has 4 nitrogen and oxygen atoms in total. The SMILES string of the molecule is CC(CCN)C(=O)N1CCN(C2CC2)CC1. The van der Waals surface area contributed by atoms with Gasteiger partial charge in [-0.1, -0.05) is 6.92 Å². The maximum atomic E-state index is 12.0. The van der Waals surface area contributed by atoms with Crippen molar-refractivity contribution in [3.05, 3.63) is 0 Å². The summed E-state index contributed by atoms with van der Waals surface area (Å²) in [5, 5.41) is 0. The third-order valence-corrected chi connectivity index (χ3v) is 3.71. The first-order chi connectivity index (χ1) is 7.72. The van der Waals surface area contributed by atoms with Gasteiger partial charge in [-0.3, -0.25) is 9.69 Å². The molecule has 1 unspecified atom stereocenters. The summed E-state index contributed by atoms with van der Waals surface area (Å²) in [5.41, 5.74) is 5.49. The first kappa shape index (κ1) is 11.9. The summed E-state index contributed by atoms with van der Waals surface area (Å²) in [5.74, 6) is 0.387. The first-order valence-electron chi connectivity index (χ1n) is 6.45. The lowest BCUT2D eigenvalue weighted by molar-refractivity contribution is -0.137. The minimum atomic E-state index is 0.0949. The van der Waals surface area contributed by atoms with Crippen molar-refractivity contribution in [2.24, 2.45) is 11.7 Å².